The summed E-state index contributed by atoms with van der Waals surface area (Å²) in [5.74, 6) is 0. The summed E-state index contributed by atoms with van der Waals surface area (Å²) in [5.41, 5.74) is 0. The second-order valence-corrected chi connectivity index (χ2v) is 59.0. The zero-order chi connectivity index (χ0) is 38.0. The van der Waals surface area contributed by atoms with Crippen molar-refractivity contribution in [2.45, 2.75) is 157 Å². The summed E-state index contributed by atoms with van der Waals surface area (Å²) in [4.78, 5) is 0. The first-order valence-corrected chi connectivity index (χ1v) is 49.5. The van der Waals surface area contributed by atoms with Gasteiger partial charge in [-0.05, 0) is 157 Å². The van der Waals surface area contributed by atoms with Crippen LogP contribution < -0.4 is 0 Å². The molecule has 0 unspecified atom stereocenters. The van der Waals surface area contributed by atoms with Crippen LogP contribution in [-0.4, -0.2) is 104 Å². The van der Waals surface area contributed by atoms with Crippen LogP contribution in [0.2, 0.25) is 157 Å². The molecule has 0 heterocycles. The molecule has 0 fully saturated rings. The highest BCUT2D eigenvalue weighted by Gasteiger charge is 2.51. The van der Waals surface area contributed by atoms with Gasteiger partial charge >= 0.3 is 85.6 Å². The highest BCUT2D eigenvalue weighted by atomic mass is 28.5. The minimum atomic E-state index is -2.69. The molecule has 0 atom stereocenters. The monoisotopic (exact) mass is 872 g/mol. The number of rotatable bonds is 22. The van der Waals surface area contributed by atoms with Crippen LogP contribution in [0.1, 0.15) is 0 Å². The van der Waals surface area contributed by atoms with E-state index in [0.717, 1.165) is 0 Å². The van der Waals surface area contributed by atoms with Crippen LogP contribution >= 0.6 is 0 Å². The third-order valence-corrected chi connectivity index (χ3v) is 47.9. The van der Waals surface area contributed by atoms with Crippen molar-refractivity contribution < 1.29 is 45.3 Å². The molecular weight excluding hydrogens is 801 g/mol. The predicted molar refractivity (Wildman–Crippen MR) is 222 cm³/mol. The highest BCUT2D eigenvalue weighted by molar-refractivity contribution is 6.93. The van der Waals surface area contributed by atoms with Crippen LogP contribution in [-0.2, 0) is 45.3 Å². The van der Waals surface area contributed by atoms with Gasteiger partial charge in [0.15, 0.2) is 8.32 Å². The first-order valence-electron chi connectivity index (χ1n) is 16.5. The van der Waals surface area contributed by atoms with Crippen molar-refractivity contribution in [3.63, 3.8) is 0 Å². The summed E-state index contributed by atoms with van der Waals surface area (Å²) in [7, 11) is -27.0. The van der Waals surface area contributed by atoms with Gasteiger partial charge in [-0.15, -0.1) is 0 Å². The lowest BCUT2D eigenvalue weighted by Gasteiger charge is -2.44. The lowest BCUT2D eigenvalue weighted by Crippen LogP contribution is -2.62. The van der Waals surface area contributed by atoms with Gasteiger partial charge in [0.2, 0.25) is 9.76 Å². The molecule has 0 aromatic carbocycles. The van der Waals surface area contributed by atoms with Gasteiger partial charge in [0.25, 0.3) is 0 Å². The smallest absolute Gasteiger partial charge is 0.314 e. The molecule has 0 rings (SSSR count). The third-order valence-electron chi connectivity index (χ3n) is 5.32. The molecule has 282 valence electrons. The van der Waals surface area contributed by atoms with Crippen molar-refractivity contribution in [3.05, 3.63) is 0 Å². The van der Waals surface area contributed by atoms with Gasteiger partial charge in [-0.25, -0.2) is 0 Å². The summed E-state index contributed by atoms with van der Waals surface area (Å²) < 4.78 is 72.5. The molecule has 11 nitrogen and oxygen atoms in total. The molecule has 0 saturated heterocycles. The maximum atomic E-state index is 6.78. The molecule has 0 N–H and O–H groups in total. The molecule has 0 bridgehead atoms. The van der Waals surface area contributed by atoms with E-state index < -0.39 is 93.9 Å². The predicted octanol–water partition coefficient (Wildman–Crippen LogP) is 8.69. The molecule has 0 spiro atoms. The van der Waals surface area contributed by atoms with Crippen LogP contribution in [0.3, 0.4) is 0 Å². The molecule has 23 heteroatoms. The van der Waals surface area contributed by atoms with Gasteiger partial charge in [0.1, 0.15) is 0 Å². The first-order chi connectivity index (χ1) is 20.1. The molecule has 0 aliphatic carbocycles. The third kappa shape index (κ3) is 23.4. The Hall–Kier alpha value is 2.16. The quantitative estimate of drug-likeness (QED) is 0.0978. The van der Waals surface area contributed by atoms with Gasteiger partial charge in [-0.2, -0.15) is 0 Å². The minimum absolute atomic E-state index is 0.388. The van der Waals surface area contributed by atoms with E-state index in [1.165, 1.54) is 0 Å². The van der Waals surface area contributed by atoms with E-state index in [4.69, 9.17) is 45.3 Å². The summed E-state index contributed by atoms with van der Waals surface area (Å²) >= 11 is 0. The van der Waals surface area contributed by atoms with Crippen molar-refractivity contribution in [1.29, 1.82) is 0 Å². The average Bonchev–Trinajstić information content (AvgIpc) is 2.54. The number of hydrogen-bond donors (Lipinski definition) is 0. The van der Waals surface area contributed by atoms with Gasteiger partial charge in [-0.1, -0.05) is 0 Å². The van der Waals surface area contributed by atoms with Crippen molar-refractivity contribution in [1.82, 2.24) is 0 Å². The van der Waals surface area contributed by atoms with Gasteiger partial charge in [-0.3, -0.25) is 0 Å². The largest absolute Gasteiger partial charge is 0.437 e. The Morgan fingerprint density at radius 1 is 0.234 bits per heavy atom. The average molecular weight is 874 g/mol. The van der Waals surface area contributed by atoms with Crippen LogP contribution in [0, 0.1) is 0 Å². The number of hydrogen-bond acceptors (Lipinski definition) is 11. The van der Waals surface area contributed by atoms with Crippen molar-refractivity contribution in [3.8, 4) is 0 Å². The molecular formula is C24H72O11Si12. The Kier molecular flexibility index (Phi) is 17.4. The fourth-order valence-corrected chi connectivity index (χ4v) is 62.4. The van der Waals surface area contributed by atoms with Crippen molar-refractivity contribution in [2.75, 3.05) is 0 Å². The van der Waals surface area contributed by atoms with Crippen LogP contribution in [0.25, 0.3) is 0 Å². The van der Waals surface area contributed by atoms with Gasteiger partial charge in [0.05, 0.1) is 0 Å². The van der Waals surface area contributed by atoms with E-state index >= 15 is 0 Å². The molecule has 47 heavy (non-hydrogen) atoms. The van der Waals surface area contributed by atoms with E-state index in [1.54, 1.807) is 0 Å². The summed E-state index contributed by atoms with van der Waals surface area (Å²) in [6.45, 7) is 50.0. The highest BCUT2D eigenvalue weighted by Crippen LogP contribution is 2.31. The summed E-state index contributed by atoms with van der Waals surface area (Å²) in [6.07, 6.45) is 0. The molecule has 0 aliphatic rings. The summed E-state index contributed by atoms with van der Waals surface area (Å²) in [5, 5.41) is 0. The standard InChI is InChI=1S/C24H72O11Si12/c1-36-25-38(5,6)27-40(9,10)29-42(13,14)31-44(17,18)33-46(21,22)35-47(23,24)34-45(19,20)32-43(15,16)30-41(11,12)28-39(7,8)26-37(2,3)4/h1-24H3. The second-order valence-electron chi connectivity index (χ2n) is 17.4. The van der Waals surface area contributed by atoms with E-state index in [0.29, 0.717) is 9.76 Å². The van der Waals surface area contributed by atoms with Crippen LogP contribution in [0.5, 0.6) is 0 Å². The summed E-state index contributed by atoms with van der Waals surface area (Å²) in [6, 6.07) is 0. The zero-order valence-electron chi connectivity index (χ0n) is 34.5. The lowest BCUT2D eigenvalue weighted by molar-refractivity contribution is 0.254. The fourth-order valence-electron chi connectivity index (χ4n) is 6.52. The Labute approximate surface area is 304 Å². The second kappa shape index (κ2) is 16.7. The molecule has 0 aliphatic heterocycles. The Balaban J connectivity index is 5.52. The minimum Gasteiger partial charge on any atom is -0.437 e. The Bertz CT molecular complexity index is 1000. The zero-order valence-corrected chi connectivity index (χ0v) is 46.5. The topological polar surface area (TPSA) is 102 Å². The molecule has 0 amide bonds. The fraction of sp³-hybridized carbons (Fsp3) is 1.00. The normalized spacial score (nSPS) is 15.8. The molecule has 2 radical (unpaired) electrons. The van der Waals surface area contributed by atoms with Crippen LogP contribution in [0.15, 0.2) is 0 Å². The lowest BCUT2D eigenvalue weighted by atomic mass is 11.8. The van der Waals surface area contributed by atoms with E-state index in [-0.39, 0.29) is 0 Å². The molecule has 0 saturated carbocycles. The maximum Gasteiger partial charge on any atom is 0.314 e. The van der Waals surface area contributed by atoms with Gasteiger partial charge in [0, 0.05) is 0 Å². The Morgan fingerprint density at radius 2 is 0.383 bits per heavy atom. The molecule has 0 aromatic heterocycles. The van der Waals surface area contributed by atoms with Crippen molar-refractivity contribution in [2.24, 2.45) is 0 Å². The van der Waals surface area contributed by atoms with Gasteiger partial charge < -0.3 is 45.3 Å². The van der Waals surface area contributed by atoms with Crippen molar-refractivity contribution >= 4 is 104 Å². The Morgan fingerprint density at radius 3 is 0.532 bits per heavy atom. The molecule has 0 aromatic rings. The van der Waals surface area contributed by atoms with E-state index in [9.17, 15) is 0 Å². The maximum absolute atomic E-state index is 6.78. The SMILES string of the molecule is C[Si]O[Si](C)(C)O[Si](C)(C)O[Si](C)(C)O[Si](C)(C)O[Si](C)(C)O[Si](C)(C)O[Si](C)(C)O[Si](C)(C)O[Si](C)(C)O[Si](C)(C)O[Si](C)(C)C. The van der Waals surface area contributed by atoms with E-state index in [2.05, 4.69) is 151 Å². The first kappa shape index (κ1) is 49.2. The van der Waals surface area contributed by atoms with Crippen LogP contribution in [0.4, 0.5) is 0 Å². The van der Waals surface area contributed by atoms with E-state index in [1.807, 2.05) is 6.55 Å².